The van der Waals surface area contributed by atoms with Crippen molar-refractivity contribution in [2.24, 2.45) is 5.92 Å². The predicted octanol–water partition coefficient (Wildman–Crippen LogP) is 1.66. The summed E-state index contributed by atoms with van der Waals surface area (Å²) < 4.78 is 25.5. The second-order valence-corrected chi connectivity index (χ2v) is 6.81. The average Bonchev–Trinajstić information content (AvgIpc) is 2.40. The van der Waals surface area contributed by atoms with E-state index >= 15 is 0 Å². The van der Waals surface area contributed by atoms with Gasteiger partial charge < -0.3 is 5.32 Å². The van der Waals surface area contributed by atoms with Gasteiger partial charge in [0.25, 0.3) is 0 Å². The second-order valence-electron chi connectivity index (χ2n) is 4.92. The van der Waals surface area contributed by atoms with E-state index in [2.05, 4.69) is 17.0 Å². The van der Waals surface area contributed by atoms with Crippen LogP contribution >= 0.6 is 0 Å². The van der Waals surface area contributed by atoms with Crippen molar-refractivity contribution >= 4 is 10.0 Å². The van der Waals surface area contributed by atoms with E-state index in [9.17, 15) is 8.42 Å². The van der Waals surface area contributed by atoms with Crippen LogP contribution < -0.4 is 10.0 Å². The van der Waals surface area contributed by atoms with Crippen molar-refractivity contribution < 1.29 is 8.42 Å². The molecule has 0 saturated carbocycles. The third kappa shape index (κ3) is 2.91. The molecule has 1 fully saturated rings. The minimum Gasteiger partial charge on any atom is -0.310 e. The summed E-state index contributed by atoms with van der Waals surface area (Å²) in [6, 6.07) is 7.49. The van der Waals surface area contributed by atoms with E-state index in [0.29, 0.717) is 10.9 Å². The molecule has 0 bridgehead atoms. The molecular formula is C13H20N2O2S. The molecule has 1 aliphatic rings. The van der Waals surface area contributed by atoms with Gasteiger partial charge in [-0.15, -0.1) is 0 Å². The molecule has 2 atom stereocenters. The van der Waals surface area contributed by atoms with Crippen LogP contribution in [0.1, 0.15) is 31.4 Å². The lowest BCUT2D eigenvalue weighted by atomic mass is 9.92. The number of hydrogen-bond donors (Lipinski definition) is 2. The van der Waals surface area contributed by atoms with Gasteiger partial charge >= 0.3 is 0 Å². The molecule has 0 amide bonds. The molecule has 1 aromatic carbocycles. The van der Waals surface area contributed by atoms with Gasteiger partial charge in [-0.05, 0) is 50.0 Å². The minimum absolute atomic E-state index is 0.318. The summed E-state index contributed by atoms with van der Waals surface area (Å²) in [5, 5.41) is 3.49. The molecule has 1 saturated heterocycles. The Bertz CT molecular complexity index is 488. The first kappa shape index (κ1) is 13.5. The molecule has 0 aliphatic carbocycles. The lowest BCUT2D eigenvalue weighted by Crippen LogP contribution is -2.31. The quantitative estimate of drug-likeness (QED) is 0.876. The van der Waals surface area contributed by atoms with E-state index in [0.717, 1.165) is 24.4 Å². The first-order valence-corrected chi connectivity index (χ1v) is 7.78. The summed E-state index contributed by atoms with van der Waals surface area (Å²) >= 11 is 0. The molecule has 2 N–H and O–H groups in total. The van der Waals surface area contributed by atoms with Crippen LogP contribution in [-0.2, 0) is 10.0 Å². The standard InChI is InChI=1S/C13H20N2O2S/c1-10-3-8-13(15-9-10)11-4-6-12(7-5-11)18(16,17)14-2/h4-7,10,13-15H,3,8-9H2,1-2H3. The van der Waals surface area contributed by atoms with Crippen molar-refractivity contribution in [3.8, 4) is 0 Å². The highest BCUT2D eigenvalue weighted by atomic mass is 32.2. The van der Waals surface area contributed by atoms with E-state index in [1.165, 1.54) is 13.5 Å². The molecule has 0 aromatic heterocycles. The monoisotopic (exact) mass is 268 g/mol. The van der Waals surface area contributed by atoms with Crippen LogP contribution in [0.3, 0.4) is 0 Å². The summed E-state index contributed by atoms with van der Waals surface area (Å²) in [5.41, 5.74) is 1.16. The minimum atomic E-state index is -3.32. The van der Waals surface area contributed by atoms with Crippen LogP contribution in [-0.4, -0.2) is 22.0 Å². The lowest BCUT2D eigenvalue weighted by Gasteiger charge is -2.28. The van der Waals surface area contributed by atoms with Crippen LogP contribution in [0, 0.1) is 5.92 Å². The molecule has 4 nitrogen and oxygen atoms in total. The van der Waals surface area contributed by atoms with Crippen molar-refractivity contribution in [1.82, 2.24) is 10.0 Å². The zero-order chi connectivity index (χ0) is 13.2. The summed E-state index contributed by atoms with van der Waals surface area (Å²) in [7, 11) is -1.90. The van der Waals surface area contributed by atoms with Gasteiger partial charge in [-0.25, -0.2) is 13.1 Å². The first-order chi connectivity index (χ1) is 8.53. The molecular weight excluding hydrogens is 248 g/mol. The molecule has 1 aliphatic heterocycles. The van der Waals surface area contributed by atoms with Crippen LogP contribution in [0.5, 0.6) is 0 Å². The van der Waals surface area contributed by atoms with E-state index in [-0.39, 0.29) is 0 Å². The fourth-order valence-electron chi connectivity index (χ4n) is 2.28. The van der Waals surface area contributed by atoms with Crippen molar-refractivity contribution in [2.45, 2.75) is 30.7 Å². The summed E-state index contributed by atoms with van der Waals surface area (Å²) in [6.07, 6.45) is 2.33. The van der Waals surface area contributed by atoms with E-state index in [4.69, 9.17) is 0 Å². The van der Waals surface area contributed by atoms with E-state index < -0.39 is 10.0 Å². The van der Waals surface area contributed by atoms with E-state index in [1.807, 2.05) is 12.1 Å². The Hall–Kier alpha value is -0.910. The largest absolute Gasteiger partial charge is 0.310 e. The van der Waals surface area contributed by atoms with Crippen molar-refractivity contribution in [1.29, 1.82) is 0 Å². The number of rotatable bonds is 3. The Kier molecular flexibility index (Phi) is 4.04. The molecule has 0 radical (unpaired) electrons. The highest BCUT2D eigenvalue weighted by Gasteiger charge is 2.19. The fourth-order valence-corrected chi connectivity index (χ4v) is 3.01. The van der Waals surface area contributed by atoms with Crippen LogP contribution in [0.4, 0.5) is 0 Å². The molecule has 5 heteroatoms. The maximum atomic E-state index is 11.6. The summed E-state index contributed by atoms with van der Waals surface area (Å²) in [4.78, 5) is 0.318. The Labute approximate surface area is 109 Å². The number of piperidine rings is 1. The smallest absolute Gasteiger partial charge is 0.240 e. The van der Waals surface area contributed by atoms with Crippen LogP contribution in [0.15, 0.2) is 29.2 Å². The molecule has 1 aromatic rings. The molecule has 2 unspecified atom stereocenters. The van der Waals surface area contributed by atoms with Gasteiger partial charge in [-0.2, -0.15) is 0 Å². The number of hydrogen-bond acceptors (Lipinski definition) is 3. The van der Waals surface area contributed by atoms with Crippen molar-refractivity contribution in [3.63, 3.8) is 0 Å². The highest BCUT2D eigenvalue weighted by molar-refractivity contribution is 7.89. The van der Waals surface area contributed by atoms with Gasteiger partial charge in [-0.1, -0.05) is 19.1 Å². The molecule has 1 heterocycles. The SMILES string of the molecule is CNS(=O)(=O)c1ccc(C2CCC(C)CN2)cc1. The fraction of sp³-hybridized carbons (Fsp3) is 0.538. The third-order valence-electron chi connectivity index (χ3n) is 3.52. The van der Waals surface area contributed by atoms with Gasteiger partial charge in [0.2, 0.25) is 10.0 Å². The Morgan fingerprint density at radius 1 is 1.22 bits per heavy atom. The van der Waals surface area contributed by atoms with Crippen molar-refractivity contribution in [3.05, 3.63) is 29.8 Å². The third-order valence-corrected chi connectivity index (χ3v) is 4.95. The van der Waals surface area contributed by atoms with Crippen LogP contribution in [0.2, 0.25) is 0 Å². The molecule has 18 heavy (non-hydrogen) atoms. The molecule has 100 valence electrons. The number of benzene rings is 1. The Morgan fingerprint density at radius 2 is 1.89 bits per heavy atom. The zero-order valence-electron chi connectivity index (χ0n) is 10.8. The average molecular weight is 268 g/mol. The number of sulfonamides is 1. The van der Waals surface area contributed by atoms with Gasteiger partial charge in [0.15, 0.2) is 0 Å². The predicted molar refractivity (Wildman–Crippen MR) is 71.8 cm³/mol. The maximum Gasteiger partial charge on any atom is 0.240 e. The van der Waals surface area contributed by atoms with Gasteiger partial charge in [0.05, 0.1) is 4.90 Å². The molecule has 2 rings (SSSR count). The Morgan fingerprint density at radius 3 is 2.39 bits per heavy atom. The van der Waals surface area contributed by atoms with Gasteiger partial charge in [0, 0.05) is 6.04 Å². The summed E-state index contributed by atoms with van der Waals surface area (Å²) in [6.45, 7) is 3.27. The maximum absolute atomic E-state index is 11.6. The topological polar surface area (TPSA) is 58.2 Å². The summed E-state index contributed by atoms with van der Waals surface area (Å²) in [5.74, 6) is 0.727. The van der Waals surface area contributed by atoms with Crippen LogP contribution in [0.25, 0.3) is 0 Å². The second kappa shape index (κ2) is 5.38. The Balaban J connectivity index is 2.13. The highest BCUT2D eigenvalue weighted by Crippen LogP contribution is 2.26. The number of nitrogens with one attached hydrogen (secondary N) is 2. The van der Waals surface area contributed by atoms with E-state index in [1.54, 1.807) is 12.1 Å². The lowest BCUT2D eigenvalue weighted by molar-refractivity contribution is 0.333. The normalized spacial score (nSPS) is 25.0. The van der Waals surface area contributed by atoms with Gasteiger partial charge in [0.1, 0.15) is 0 Å². The zero-order valence-corrected chi connectivity index (χ0v) is 11.6. The first-order valence-electron chi connectivity index (χ1n) is 6.30. The molecule has 0 spiro atoms. The van der Waals surface area contributed by atoms with Gasteiger partial charge in [-0.3, -0.25) is 0 Å². The van der Waals surface area contributed by atoms with Crippen molar-refractivity contribution in [2.75, 3.05) is 13.6 Å².